The second-order valence-corrected chi connectivity index (χ2v) is 11.0. The summed E-state index contributed by atoms with van der Waals surface area (Å²) in [5, 5.41) is 4.53. The van der Waals surface area contributed by atoms with E-state index in [1.54, 1.807) is 39.9 Å². The number of esters is 1. The van der Waals surface area contributed by atoms with Gasteiger partial charge in [0.05, 0.1) is 34.5 Å². The van der Waals surface area contributed by atoms with Crippen LogP contribution in [0.25, 0.3) is 0 Å². The number of hydrogen-bond acceptors (Lipinski definition) is 6. The van der Waals surface area contributed by atoms with Gasteiger partial charge in [0.2, 0.25) is 0 Å². The Morgan fingerprint density at radius 1 is 1.15 bits per heavy atom. The van der Waals surface area contributed by atoms with Gasteiger partial charge >= 0.3 is 5.97 Å². The first-order valence-corrected chi connectivity index (χ1v) is 12.6. The maximum absolute atomic E-state index is 13.4. The lowest BCUT2D eigenvalue weighted by Crippen LogP contribution is -2.38. The van der Waals surface area contributed by atoms with Crippen LogP contribution in [0.5, 0.6) is 0 Å². The molecule has 0 amide bonds. The third-order valence-corrected chi connectivity index (χ3v) is 8.62. The van der Waals surface area contributed by atoms with E-state index >= 15 is 0 Å². The Morgan fingerprint density at radius 3 is 2.52 bits per heavy atom. The average molecular weight is 508 g/mol. The van der Waals surface area contributed by atoms with Crippen LogP contribution in [0.1, 0.15) is 17.7 Å². The van der Waals surface area contributed by atoms with Crippen LogP contribution in [0, 0.1) is 6.92 Å². The fourth-order valence-electron chi connectivity index (χ4n) is 4.13. The van der Waals surface area contributed by atoms with E-state index in [1.807, 2.05) is 25.1 Å². The van der Waals surface area contributed by atoms with Gasteiger partial charge in [-0.15, -0.1) is 0 Å². The summed E-state index contributed by atoms with van der Waals surface area (Å²) < 4.78 is 33.6. The third kappa shape index (κ3) is 4.74. The average Bonchev–Trinajstić information content (AvgIpc) is 3.39. The summed E-state index contributed by atoms with van der Waals surface area (Å²) in [5.74, 6) is 0.151. The van der Waals surface area contributed by atoms with Gasteiger partial charge in [-0.1, -0.05) is 47.5 Å². The van der Waals surface area contributed by atoms with Gasteiger partial charge < -0.3 is 9.64 Å². The molecule has 2 heterocycles. The van der Waals surface area contributed by atoms with Gasteiger partial charge in [-0.25, -0.2) is 17.9 Å². The molecule has 0 unspecified atom stereocenters. The largest absolute Gasteiger partial charge is 0.467 e. The minimum absolute atomic E-state index is 0.0629. The van der Waals surface area contributed by atoms with E-state index in [4.69, 9.17) is 27.9 Å². The number of halogens is 2. The highest BCUT2D eigenvalue weighted by molar-refractivity contribution is 7.92. The van der Waals surface area contributed by atoms with Crippen molar-refractivity contribution in [3.8, 4) is 0 Å². The molecule has 10 heteroatoms. The predicted molar refractivity (Wildman–Crippen MR) is 128 cm³/mol. The molecule has 1 fully saturated rings. The molecule has 0 bridgehead atoms. The van der Waals surface area contributed by atoms with Crippen molar-refractivity contribution in [1.29, 1.82) is 0 Å². The van der Waals surface area contributed by atoms with Gasteiger partial charge in [0, 0.05) is 17.6 Å². The number of methoxy groups -OCH3 is 1. The Kier molecular flexibility index (Phi) is 6.70. The number of sulfone groups is 1. The molecule has 0 N–H and O–H groups in total. The molecule has 0 saturated carbocycles. The van der Waals surface area contributed by atoms with Gasteiger partial charge in [-0.05, 0) is 43.2 Å². The number of aryl methyl sites for hydroxylation is 1. The van der Waals surface area contributed by atoms with Gasteiger partial charge in [0.1, 0.15) is 11.9 Å². The Labute approximate surface area is 202 Å². The molecule has 1 aromatic heterocycles. The number of benzene rings is 2. The predicted octanol–water partition coefficient (Wildman–Crippen LogP) is 4.14. The number of nitrogens with zero attached hydrogens (tertiary/aromatic N) is 3. The molecule has 7 nitrogen and oxygen atoms in total. The van der Waals surface area contributed by atoms with Crippen LogP contribution in [0.2, 0.25) is 10.0 Å². The van der Waals surface area contributed by atoms with Crippen LogP contribution < -0.4 is 4.90 Å². The number of hydrogen-bond donors (Lipinski definition) is 0. The maximum atomic E-state index is 13.4. The van der Waals surface area contributed by atoms with E-state index in [0.29, 0.717) is 17.4 Å². The molecular weight excluding hydrogens is 485 g/mol. The fraction of sp³-hybridized carbons (Fsp3) is 0.304. The van der Waals surface area contributed by atoms with Crippen LogP contribution in [0.15, 0.2) is 59.5 Å². The molecule has 0 radical (unpaired) electrons. The van der Waals surface area contributed by atoms with Crippen molar-refractivity contribution in [2.45, 2.75) is 36.1 Å². The van der Waals surface area contributed by atoms with Crippen LogP contribution in [-0.4, -0.2) is 49.1 Å². The molecule has 174 valence electrons. The SMILES string of the molecule is COC(=O)[C@@H]1C[C@@H](S(=O)(=O)c2ccccc2Cl)CN1c1cc(C)nn1Cc1ccc(Cl)cc1. The lowest BCUT2D eigenvalue weighted by atomic mass is 10.2. The molecule has 0 aliphatic carbocycles. The third-order valence-electron chi connectivity index (χ3n) is 5.74. The fourth-order valence-corrected chi connectivity index (χ4v) is 6.48. The van der Waals surface area contributed by atoms with Crippen molar-refractivity contribution in [2.24, 2.45) is 0 Å². The highest BCUT2D eigenvalue weighted by Crippen LogP contribution is 2.35. The molecule has 2 aromatic carbocycles. The molecule has 3 aromatic rings. The van der Waals surface area contributed by atoms with E-state index in [2.05, 4.69) is 5.10 Å². The van der Waals surface area contributed by atoms with Crippen molar-refractivity contribution in [3.63, 3.8) is 0 Å². The summed E-state index contributed by atoms with van der Waals surface area (Å²) in [6.07, 6.45) is 0.0887. The topological polar surface area (TPSA) is 81.5 Å². The van der Waals surface area contributed by atoms with Gasteiger partial charge in [0.25, 0.3) is 0 Å². The number of anilines is 1. The van der Waals surface area contributed by atoms with Crippen LogP contribution in [0.3, 0.4) is 0 Å². The molecule has 2 atom stereocenters. The van der Waals surface area contributed by atoms with Crippen molar-refractivity contribution < 1.29 is 17.9 Å². The second-order valence-electron chi connectivity index (χ2n) is 7.95. The molecule has 1 aliphatic rings. The number of carbonyl (C=O) groups is 1. The second kappa shape index (κ2) is 9.37. The molecule has 1 saturated heterocycles. The van der Waals surface area contributed by atoms with Crippen LogP contribution >= 0.6 is 23.2 Å². The summed E-state index contributed by atoms with van der Waals surface area (Å²) in [4.78, 5) is 14.5. The Bertz CT molecular complexity index is 1280. The number of aromatic nitrogens is 2. The van der Waals surface area contributed by atoms with Gasteiger partial charge in [0.15, 0.2) is 9.84 Å². The first-order valence-electron chi connectivity index (χ1n) is 10.3. The zero-order valence-electron chi connectivity index (χ0n) is 18.1. The maximum Gasteiger partial charge on any atom is 0.328 e. The first-order chi connectivity index (χ1) is 15.7. The Balaban J connectivity index is 1.70. The standard InChI is InChI=1S/C23H23Cl2N3O4S/c1-15-11-22(28(26-15)13-16-7-9-17(24)10-8-16)27-14-18(12-20(27)23(29)32-2)33(30,31)21-6-4-3-5-19(21)25/h3-11,18,20H,12-14H2,1-2H3/t18-,20+/m1/s1. The summed E-state index contributed by atoms with van der Waals surface area (Å²) in [7, 11) is -2.48. The molecule has 4 rings (SSSR count). The minimum Gasteiger partial charge on any atom is -0.467 e. The molecule has 33 heavy (non-hydrogen) atoms. The van der Waals surface area contributed by atoms with Crippen LogP contribution in [-0.2, 0) is 25.9 Å². The van der Waals surface area contributed by atoms with E-state index in [-0.39, 0.29) is 22.9 Å². The molecule has 0 spiro atoms. The highest BCUT2D eigenvalue weighted by atomic mass is 35.5. The van der Waals surface area contributed by atoms with E-state index in [1.165, 1.54) is 13.2 Å². The summed E-state index contributed by atoms with van der Waals surface area (Å²) in [6, 6.07) is 14.8. The van der Waals surface area contributed by atoms with E-state index in [0.717, 1.165) is 11.3 Å². The molecular formula is C23H23Cl2N3O4S. The van der Waals surface area contributed by atoms with Gasteiger partial charge in [-0.2, -0.15) is 5.10 Å². The molecule has 1 aliphatic heterocycles. The lowest BCUT2D eigenvalue weighted by Gasteiger charge is -2.25. The van der Waals surface area contributed by atoms with Crippen molar-refractivity contribution in [1.82, 2.24) is 9.78 Å². The van der Waals surface area contributed by atoms with Crippen LogP contribution in [0.4, 0.5) is 5.82 Å². The number of carbonyl (C=O) groups excluding carboxylic acids is 1. The van der Waals surface area contributed by atoms with Crippen molar-refractivity contribution in [2.75, 3.05) is 18.6 Å². The lowest BCUT2D eigenvalue weighted by molar-refractivity contribution is -0.141. The zero-order valence-corrected chi connectivity index (χ0v) is 20.4. The monoisotopic (exact) mass is 507 g/mol. The number of ether oxygens (including phenoxy) is 1. The first kappa shape index (κ1) is 23.6. The zero-order chi connectivity index (χ0) is 23.8. The van der Waals surface area contributed by atoms with Crippen molar-refractivity contribution >= 4 is 44.8 Å². The Hall–Kier alpha value is -2.55. The van der Waals surface area contributed by atoms with Gasteiger partial charge in [-0.3, -0.25) is 0 Å². The Morgan fingerprint density at radius 2 is 1.85 bits per heavy atom. The smallest absolute Gasteiger partial charge is 0.328 e. The minimum atomic E-state index is -3.78. The summed E-state index contributed by atoms with van der Waals surface area (Å²) >= 11 is 12.2. The number of rotatable bonds is 6. The quantitative estimate of drug-likeness (QED) is 0.466. The summed E-state index contributed by atoms with van der Waals surface area (Å²) in [5.41, 5.74) is 1.72. The normalized spacial score (nSPS) is 18.5. The van der Waals surface area contributed by atoms with Crippen molar-refractivity contribution in [3.05, 3.63) is 75.9 Å². The van der Waals surface area contributed by atoms with E-state index in [9.17, 15) is 13.2 Å². The highest BCUT2D eigenvalue weighted by Gasteiger charge is 2.45. The summed E-state index contributed by atoms with van der Waals surface area (Å²) in [6.45, 7) is 2.40. The van der Waals surface area contributed by atoms with E-state index < -0.39 is 27.1 Å².